The molecule has 0 aromatic carbocycles. The summed E-state index contributed by atoms with van der Waals surface area (Å²) in [6, 6.07) is 1.15. The van der Waals surface area contributed by atoms with Crippen LogP contribution in [0.25, 0.3) is 0 Å². The standard InChI is InChI=1S/C14H18N6O4/c1-24-10-2-3-15-13(17-10)19-6-4-18(5-7-19)12(22)9-20-11(21)8-16-14(20)23/h2-3H,4-9H2,1H3,(H,16,23). The summed E-state index contributed by atoms with van der Waals surface area (Å²) in [5.74, 6) is 0.413. The molecule has 0 atom stereocenters. The Kier molecular flexibility index (Phi) is 4.45. The third kappa shape index (κ3) is 3.21. The summed E-state index contributed by atoms with van der Waals surface area (Å²) in [4.78, 5) is 48.3. The van der Waals surface area contributed by atoms with Crippen molar-refractivity contribution in [3.63, 3.8) is 0 Å². The highest BCUT2D eigenvalue weighted by molar-refractivity contribution is 6.04. The first-order valence-corrected chi connectivity index (χ1v) is 7.56. The van der Waals surface area contributed by atoms with Gasteiger partial charge in [-0.15, -0.1) is 0 Å². The van der Waals surface area contributed by atoms with Gasteiger partial charge in [0.05, 0.1) is 13.7 Å². The molecule has 1 aromatic rings. The van der Waals surface area contributed by atoms with Crippen molar-refractivity contribution in [2.75, 3.05) is 51.3 Å². The van der Waals surface area contributed by atoms with Crippen molar-refractivity contribution < 1.29 is 19.1 Å². The van der Waals surface area contributed by atoms with Gasteiger partial charge in [0.1, 0.15) is 6.54 Å². The number of imide groups is 1. The molecule has 3 rings (SSSR count). The molecular weight excluding hydrogens is 316 g/mol. The number of urea groups is 1. The first-order chi connectivity index (χ1) is 11.6. The molecule has 4 amide bonds. The Morgan fingerprint density at radius 3 is 2.67 bits per heavy atom. The molecule has 3 heterocycles. The summed E-state index contributed by atoms with van der Waals surface area (Å²) in [5.41, 5.74) is 0. The Hall–Kier alpha value is -2.91. The van der Waals surface area contributed by atoms with E-state index < -0.39 is 6.03 Å². The van der Waals surface area contributed by atoms with E-state index in [9.17, 15) is 14.4 Å². The van der Waals surface area contributed by atoms with E-state index in [2.05, 4.69) is 15.3 Å². The highest BCUT2D eigenvalue weighted by atomic mass is 16.5. The quantitative estimate of drug-likeness (QED) is 0.681. The number of piperazine rings is 1. The lowest BCUT2D eigenvalue weighted by Gasteiger charge is -2.35. The van der Waals surface area contributed by atoms with Gasteiger partial charge in [-0.25, -0.2) is 9.78 Å². The maximum absolute atomic E-state index is 12.3. The zero-order valence-corrected chi connectivity index (χ0v) is 13.3. The second-order valence-electron chi connectivity index (χ2n) is 5.41. The molecule has 0 radical (unpaired) electrons. The lowest BCUT2D eigenvalue weighted by molar-refractivity contribution is -0.136. The number of methoxy groups -OCH3 is 1. The van der Waals surface area contributed by atoms with Gasteiger partial charge in [-0.1, -0.05) is 0 Å². The molecular formula is C14H18N6O4. The van der Waals surface area contributed by atoms with Crippen LogP contribution in [0.1, 0.15) is 0 Å². The van der Waals surface area contributed by atoms with Gasteiger partial charge in [-0.3, -0.25) is 14.5 Å². The molecule has 0 saturated carbocycles. The number of amides is 4. The van der Waals surface area contributed by atoms with Crippen LogP contribution in [0.4, 0.5) is 10.7 Å². The SMILES string of the molecule is COc1ccnc(N2CCN(C(=O)CN3C(=O)CNC3=O)CC2)n1. The smallest absolute Gasteiger partial charge is 0.325 e. The Morgan fingerprint density at radius 2 is 2.04 bits per heavy atom. The van der Waals surface area contributed by atoms with E-state index in [0.29, 0.717) is 38.0 Å². The van der Waals surface area contributed by atoms with Crippen LogP contribution in [0.5, 0.6) is 5.88 Å². The minimum atomic E-state index is -0.517. The number of nitrogens with one attached hydrogen (secondary N) is 1. The first-order valence-electron chi connectivity index (χ1n) is 7.56. The maximum atomic E-state index is 12.3. The van der Waals surface area contributed by atoms with E-state index in [0.717, 1.165) is 4.90 Å². The molecule has 128 valence electrons. The minimum absolute atomic E-state index is 0.0485. The van der Waals surface area contributed by atoms with Crippen molar-refractivity contribution in [1.29, 1.82) is 0 Å². The number of ether oxygens (including phenoxy) is 1. The number of carbonyl (C=O) groups is 3. The van der Waals surface area contributed by atoms with Crippen molar-refractivity contribution in [3.8, 4) is 5.88 Å². The van der Waals surface area contributed by atoms with Crippen molar-refractivity contribution in [3.05, 3.63) is 12.3 Å². The van der Waals surface area contributed by atoms with Crippen molar-refractivity contribution in [1.82, 2.24) is 25.1 Å². The number of anilines is 1. The average Bonchev–Trinajstić information content (AvgIpc) is 2.94. The third-order valence-corrected chi connectivity index (χ3v) is 3.97. The van der Waals surface area contributed by atoms with Crippen LogP contribution < -0.4 is 15.0 Å². The molecule has 0 spiro atoms. The number of carbonyl (C=O) groups excluding carboxylic acids is 3. The first kappa shape index (κ1) is 16.0. The van der Waals surface area contributed by atoms with Gasteiger partial charge < -0.3 is 19.9 Å². The van der Waals surface area contributed by atoms with Gasteiger partial charge in [0, 0.05) is 38.4 Å². The lowest BCUT2D eigenvalue weighted by atomic mass is 10.3. The molecule has 1 aromatic heterocycles. The molecule has 2 fully saturated rings. The number of aromatic nitrogens is 2. The summed E-state index contributed by atoms with van der Waals surface area (Å²) in [5, 5.41) is 2.40. The zero-order chi connectivity index (χ0) is 17.1. The Labute approximate surface area is 138 Å². The highest BCUT2D eigenvalue weighted by Crippen LogP contribution is 2.14. The van der Waals surface area contributed by atoms with Crippen LogP contribution in [0, 0.1) is 0 Å². The molecule has 0 unspecified atom stereocenters. The molecule has 2 saturated heterocycles. The van der Waals surface area contributed by atoms with Gasteiger partial charge in [-0.2, -0.15) is 4.98 Å². The highest BCUT2D eigenvalue weighted by Gasteiger charge is 2.32. The largest absolute Gasteiger partial charge is 0.481 e. The minimum Gasteiger partial charge on any atom is -0.481 e. The maximum Gasteiger partial charge on any atom is 0.325 e. The summed E-state index contributed by atoms with van der Waals surface area (Å²) < 4.78 is 5.08. The number of nitrogens with zero attached hydrogens (tertiary/aromatic N) is 5. The van der Waals surface area contributed by atoms with E-state index in [1.807, 2.05) is 4.90 Å². The third-order valence-electron chi connectivity index (χ3n) is 3.97. The lowest BCUT2D eigenvalue weighted by Crippen LogP contribution is -2.52. The molecule has 0 bridgehead atoms. The number of hydrogen-bond acceptors (Lipinski definition) is 7. The summed E-state index contributed by atoms with van der Waals surface area (Å²) >= 11 is 0. The van der Waals surface area contributed by atoms with Crippen molar-refractivity contribution in [2.24, 2.45) is 0 Å². The van der Waals surface area contributed by atoms with Crippen molar-refractivity contribution >= 4 is 23.8 Å². The Balaban J connectivity index is 1.55. The normalized spacial score (nSPS) is 18.0. The fraction of sp³-hybridized carbons (Fsp3) is 0.500. The zero-order valence-electron chi connectivity index (χ0n) is 13.3. The average molecular weight is 334 g/mol. The van der Waals surface area contributed by atoms with E-state index in [1.54, 1.807) is 24.3 Å². The summed E-state index contributed by atoms with van der Waals surface area (Å²) in [6.45, 7) is 1.82. The van der Waals surface area contributed by atoms with Gasteiger partial charge in [-0.05, 0) is 0 Å². The molecule has 2 aliphatic rings. The van der Waals surface area contributed by atoms with Crippen LogP contribution in [-0.2, 0) is 9.59 Å². The molecule has 10 heteroatoms. The molecule has 0 aliphatic carbocycles. The fourth-order valence-electron chi connectivity index (χ4n) is 2.60. The molecule has 24 heavy (non-hydrogen) atoms. The van der Waals surface area contributed by atoms with Gasteiger partial charge in [0.2, 0.25) is 17.7 Å². The van der Waals surface area contributed by atoms with E-state index in [4.69, 9.17) is 4.74 Å². The van der Waals surface area contributed by atoms with Gasteiger partial charge >= 0.3 is 6.03 Å². The molecule has 1 N–H and O–H groups in total. The topological polar surface area (TPSA) is 108 Å². The molecule has 10 nitrogen and oxygen atoms in total. The van der Waals surface area contributed by atoms with Crippen LogP contribution >= 0.6 is 0 Å². The fourth-order valence-corrected chi connectivity index (χ4v) is 2.60. The van der Waals surface area contributed by atoms with E-state index >= 15 is 0 Å². The predicted molar refractivity (Wildman–Crippen MR) is 82.5 cm³/mol. The summed E-state index contributed by atoms with van der Waals surface area (Å²) in [7, 11) is 1.54. The molecule has 2 aliphatic heterocycles. The predicted octanol–water partition coefficient (Wildman–Crippen LogP) is -1.31. The second kappa shape index (κ2) is 6.69. The second-order valence-corrected chi connectivity index (χ2v) is 5.41. The van der Waals surface area contributed by atoms with E-state index in [-0.39, 0.29) is 24.9 Å². The van der Waals surface area contributed by atoms with Crippen LogP contribution in [-0.4, -0.2) is 84.0 Å². The van der Waals surface area contributed by atoms with E-state index in [1.165, 1.54) is 0 Å². The van der Waals surface area contributed by atoms with Crippen LogP contribution in [0.2, 0.25) is 0 Å². The Bertz CT molecular complexity index is 642. The van der Waals surface area contributed by atoms with Gasteiger partial charge in [0.15, 0.2) is 0 Å². The van der Waals surface area contributed by atoms with Gasteiger partial charge in [0.25, 0.3) is 5.91 Å². The van der Waals surface area contributed by atoms with Crippen LogP contribution in [0.3, 0.4) is 0 Å². The summed E-state index contributed by atoms with van der Waals surface area (Å²) in [6.07, 6.45) is 1.62. The van der Waals surface area contributed by atoms with Crippen LogP contribution in [0.15, 0.2) is 12.3 Å². The number of rotatable bonds is 4. The van der Waals surface area contributed by atoms with Crippen molar-refractivity contribution in [2.45, 2.75) is 0 Å². The number of hydrogen-bond donors (Lipinski definition) is 1. The monoisotopic (exact) mass is 334 g/mol. The Morgan fingerprint density at radius 1 is 1.29 bits per heavy atom.